The van der Waals surface area contributed by atoms with Crippen molar-refractivity contribution in [1.29, 1.82) is 0 Å². The van der Waals surface area contributed by atoms with Crippen molar-refractivity contribution in [3.8, 4) is 0 Å². The summed E-state index contributed by atoms with van der Waals surface area (Å²) in [6.45, 7) is 2.55. The number of ketones is 1. The van der Waals surface area contributed by atoms with Crippen LogP contribution in [0.4, 0.5) is 26.3 Å². The maximum atomic E-state index is 13.0. The summed E-state index contributed by atoms with van der Waals surface area (Å²) in [5, 5.41) is 0. The molecule has 2 heterocycles. The smallest absolute Gasteiger partial charge is 0.304 e. The molecule has 26 heavy (non-hydrogen) atoms. The SMILES string of the molecule is Cc1nc(C(F)(F)F)cn1C1(n2cc(C(F)(F)F)nc2C)CCCC1=O. The number of hydrogen-bond acceptors (Lipinski definition) is 3. The highest BCUT2D eigenvalue weighted by Gasteiger charge is 2.49. The molecule has 0 N–H and O–H groups in total. The van der Waals surface area contributed by atoms with E-state index in [2.05, 4.69) is 9.97 Å². The highest BCUT2D eigenvalue weighted by molar-refractivity contribution is 5.88. The van der Waals surface area contributed by atoms with Gasteiger partial charge in [0.05, 0.1) is 0 Å². The lowest BCUT2D eigenvalue weighted by Crippen LogP contribution is -2.45. The molecule has 1 aliphatic carbocycles. The highest BCUT2D eigenvalue weighted by atomic mass is 19.4. The number of imidazole rings is 2. The van der Waals surface area contributed by atoms with E-state index in [1.165, 1.54) is 13.8 Å². The van der Waals surface area contributed by atoms with Crippen LogP contribution in [-0.4, -0.2) is 24.9 Å². The lowest BCUT2D eigenvalue weighted by molar-refractivity contribution is -0.141. The van der Waals surface area contributed by atoms with Gasteiger partial charge < -0.3 is 9.13 Å². The fraction of sp³-hybridized carbons (Fsp3) is 0.533. The number of nitrogens with zero attached hydrogens (tertiary/aromatic N) is 4. The minimum Gasteiger partial charge on any atom is -0.304 e. The fourth-order valence-corrected chi connectivity index (χ4v) is 3.43. The monoisotopic (exact) mass is 380 g/mol. The van der Waals surface area contributed by atoms with E-state index in [1.807, 2.05) is 0 Å². The lowest BCUT2D eigenvalue weighted by Gasteiger charge is -2.32. The minimum atomic E-state index is -4.74. The highest BCUT2D eigenvalue weighted by Crippen LogP contribution is 2.40. The van der Waals surface area contributed by atoms with Gasteiger partial charge in [-0.05, 0) is 26.7 Å². The maximum absolute atomic E-state index is 13.0. The van der Waals surface area contributed by atoms with Crippen molar-refractivity contribution < 1.29 is 31.1 Å². The van der Waals surface area contributed by atoms with Gasteiger partial charge in [0.2, 0.25) is 0 Å². The van der Waals surface area contributed by atoms with Crippen molar-refractivity contribution in [3.05, 3.63) is 35.4 Å². The number of Topliss-reactive ketones (excluding diaryl/α,β-unsaturated/α-hetero) is 1. The Balaban J connectivity index is 2.24. The maximum Gasteiger partial charge on any atom is 0.434 e. The summed E-state index contributed by atoms with van der Waals surface area (Å²) in [6, 6.07) is 0. The van der Waals surface area contributed by atoms with Gasteiger partial charge in [-0.3, -0.25) is 4.79 Å². The van der Waals surface area contributed by atoms with E-state index in [0.29, 0.717) is 18.8 Å². The predicted octanol–water partition coefficient (Wildman–Crippen LogP) is 3.69. The summed E-state index contributed by atoms with van der Waals surface area (Å²) in [7, 11) is 0. The van der Waals surface area contributed by atoms with Crippen molar-refractivity contribution in [2.75, 3.05) is 0 Å². The van der Waals surface area contributed by atoms with Gasteiger partial charge in [-0.2, -0.15) is 26.3 Å². The Morgan fingerprint density at radius 1 is 0.923 bits per heavy atom. The van der Waals surface area contributed by atoms with Gasteiger partial charge in [0, 0.05) is 18.8 Å². The Hall–Kier alpha value is -2.33. The van der Waals surface area contributed by atoms with Crippen LogP contribution in [0, 0.1) is 13.8 Å². The van der Waals surface area contributed by atoms with Gasteiger partial charge in [-0.15, -0.1) is 0 Å². The average Bonchev–Trinajstić information content (AvgIpc) is 3.15. The van der Waals surface area contributed by atoms with E-state index >= 15 is 0 Å². The molecule has 142 valence electrons. The van der Waals surface area contributed by atoms with Crippen molar-refractivity contribution in [3.63, 3.8) is 0 Å². The van der Waals surface area contributed by atoms with Crippen LogP contribution in [0.25, 0.3) is 0 Å². The van der Waals surface area contributed by atoms with Crippen LogP contribution in [0.3, 0.4) is 0 Å². The first kappa shape index (κ1) is 18.5. The molecule has 0 spiro atoms. The Morgan fingerprint density at radius 2 is 1.35 bits per heavy atom. The first-order valence-electron chi connectivity index (χ1n) is 7.68. The predicted molar refractivity (Wildman–Crippen MR) is 76.2 cm³/mol. The van der Waals surface area contributed by atoms with Crippen LogP contribution >= 0.6 is 0 Å². The molecule has 1 saturated carbocycles. The van der Waals surface area contributed by atoms with Crippen molar-refractivity contribution >= 4 is 5.78 Å². The number of rotatable bonds is 2. The number of carbonyl (C=O) groups excluding carboxylic acids is 1. The first-order chi connectivity index (χ1) is 11.9. The Morgan fingerprint density at radius 3 is 1.62 bits per heavy atom. The quantitative estimate of drug-likeness (QED) is 0.747. The van der Waals surface area contributed by atoms with Gasteiger partial charge in [0.15, 0.2) is 22.8 Å². The second-order valence-electron chi connectivity index (χ2n) is 6.18. The average molecular weight is 380 g/mol. The molecule has 0 aromatic carbocycles. The van der Waals surface area contributed by atoms with E-state index in [0.717, 1.165) is 9.13 Å². The van der Waals surface area contributed by atoms with Crippen molar-refractivity contribution in [2.24, 2.45) is 0 Å². The molecule has 0 unspecified atom stereocenters. The fourth-order valence-electron chi connectivity index (χ4n) is 3.43. The van der Waals surface area contributed by atoms with Crippen LogP contribution < -0.4 is 0 Å². The molecule has 3 rings (SSSR count). The molecular formula is C15H14F6N4O. The van der Waals surface area contributed by atoms with Crippen LogP contribution in [0.2, 0.25) is 0 Å². The molecule has 1 aliphatic rings. The van der Waals surface area contributed by atoms with E-state index in [9.17, 15) is 31.1 Å². The number of aromatic nitrogens is 4. The molecule has 0 bridgehead atoms. The second-order valence-corrected chi connectivity index (χ2v) is 6.18. The van der Waals surface area contributed by atoms with Crippen LogP contribution in [0.1, 0.15) is 42.3 Å². The van der Waals surface area contributed by atoms with Gasteiger partial charge in [-0.1, -0.05) is 0 Å². The second kappa shape index (κ2) is 5.58. The van der Waals surface area contributed by atoms with Crippen LogP contribution in [-0.2, 0) is 22.8 Å². The summed E-state index contributed by atoms with van der Waals surface area (Å²) >= 11 is 0. The zero-order valence-corrected chi connectivity index (χ0v) is 13.7. The molecule has 11 heteroatoms. The normalized spacial score (nSPS) is 17.9. The first-order valence-corrected chi connectivity index (χ1v) is 7.68. The van der Waals surface area contributed by atoms with Crippen molar-refractivity contribution in [2.45, 2.75) is 51.1 Å². The molecule has 2 aromatic rings. The largest absolute Gasteiger partial charge is 0.434 e. The number of carbonyl (C=O) groups is 1. The molecule has 0 saturated heterocycles. The van der Waals surface area contributed by atoms with E-state index in [4.69, 9.17) is 0 Å². The summed E-state index contributed by atoms with van der Waals surface area (Å²) in [6.07, 6.45) is -7.71. The standard InChI is InChI=1S/C15H14F6N4O/c1-8-22-10(14(16,17)18)6-24(8)13(5-3-4-12(13)26)25-7-11(15(19,20)21)23-9(25)2/h6-7H,3-5H2,1-2H3. The topological polar surface area (TPSA) is 52.7 Å². The zero-order valence-electron chi connectivity index (χ0n) is 13.7. The number of hydrogen-bond donors (Lipinski definition) is 0. The molecular weight excluding hydrogens is 366 g/mol. The summed E-state index contributed by atoms with van der Waals surface area (Å²) in [5.74, 6) is -0.718. The van der Waals surface area contributed by atoms with Gasteiger partial charge in [-0.25, -0.2) is 9.97 Å². The summed E-state index contributed by atoms with van der Waals surface area (Å²) in [4.78, 5) is 19.6. The third-order valence-electron chi connectivity index (χ3n) is 4.52. The van der Waals surface area contributed by atoms with E-state index in [1.54, 1.807) is 0 Å². The molecule has 0 aliphatic heterocycles. The van der Waals surface area contributed by atoms with Gasteiger partial charge >= 0.3 is 12.4 Å². The van der Waals surface area contributed by atoms with E-state index in [-0.39, 0.29) is 24.5 Å². The summed E-state index contributed by atoms with van der Waals surface area (Å²) < 4.78 is 80.0. The Bertz CT molecular complexity index is 802. The molecule has 2 aromatic heterocycles. The molecule has 1 fully saturated rings. The van der Waals surface area contributed by atoms with Gasteiger partial charge in [0.25, 0.3) is 0 Å². The number of alkyl halides is 6. The van der Waals surface area contributed by atoms with Gasteiger partial charge in [0.1, 0.15) is 11.6 Å². The number of aryl methyl sites for hydroxylation is 2. The van der Waals surface area contributed by atoms with Crippen LogP contribution in [0.15, 0.2) is 12.4 Å². The third-order valence-corrected chi connectivity index (χ3v) is 4.52. The number of halogens is 6. The third kappa shape index (κ3) is 2.69. The summed E-state index contributed by atoms with van der Waals surface area (Å²) in [5.41, 5.74) is -4.15. The van der Waals surface area contributed by atoms with Crippen LogP contribution in [0.5, 0.6) is 0 Å². The molecule has 0 radical (unpaired) electrons. The minimum absolute atomic E-state index is 0.0396. The molecule has 5 nitrogen and oxygen atoms in total. The molecule has 0 atom stereocenters. The zero-order chi connectivity index (χ0) is 19.5. The molecule has 0 amide bonds. The Kier molecular flexibility index (Phi) is 3.96. The Labute approximate surface area is 143 Å². The van der Waals surface area contributed by atoms with E-state index < -0.39 is 35.2 Å². The van der Waals surface area contributed by atoms with Crippen molar-refractivity contribution in [1.82, 2.24) is 19.1 Å². The lowest BCUT2D eigenvalue weighted by atomic mass is 10.1.